The number of hydrogen-bond donors (Lipinski definition) is 1. The van der Waals surface area contributed by atoms with Gasteiger partial charge in [0.2, 0.25) is 5.91 Å². The second-order valence-electron chi connectivity index (χ2n) is 6.92. The standard InChI is InChI=1S/C21H27ClN2O4S/c1-4-28-19-9-7-18(8-10-19)24(15-21(25)23-14-13-16(2)3)29(26,27)20-11-5-17(22)6-12-20/h5-12,16H,4,13-15H2,1-3H3,(H,23,25). The molecule has 0 atom stereocenters. The van der Waals surface area contributed by atoms with E-state index in [0.29, 0.717) is 35.5 Å². The number of halogens is 1. The SMILES string of the molecule is CCOc1ccc(N(CC(=O)NCCC(C)C)S(=O)(=O)c2ccc(Cl)cc2)cc1. The summed E-state index contributed by atoms with van der Waals surface area (Å²) in [5.74, 6) is 0.703. The third-order valence-electron chi connectivity index (χ3n) is 4.17. The average Bonchev–Trinajstić information content (AvgIpc) is 2.67. The molecule has 0 saturated heterocycles. The van der Waals surface area contributed by atoms with Crippen molar-refractivity contribution in [3.8, 4) is 5.75 Å². The molecule has 0 fully saturated rings. The predicted molar refractivity (Wildman–Crippen MR) is 116 cm³/mol. The number of nitrogens with one attached hydrogen (secondary N) is 1. The summed E-state index contributed by atoms with van der Waals surface area (Å²) in [6.07, 6.45) is 0.818. The van der Waals surface area contributed by atoms with Crippen LogP contribution >= 0.6 is 11.6 Å². The number of hydrogen-bond acceptors (Lipinski definition) is 4. The van der Waals surface area contributed by atoms with E-state index in [9.17, 15) is 13.2 Å². The normalized spacial score (nSPS) is 11.3. The van der Waals surface area contributed by atoms with Crippen LogP contribution in [0.15, 0.2) is 53.4 Å². The Morgan fingerprint density at radius 3 is 2.28 bits per heavy atom. The van der Waals surface area contributed by atoms with Crippen molar-refractivity contribution in [3.05, 3.63) is 53.6 Å². The maximum atomic E-state index is 13.2. The molecule has 0 saturated carbocycles. The van der Waals surface area contributed by atoms with Crippen molar-refractivity contribution in [1.82, 2.24) is 5.32 Å². The van der Waals surface area contributed by atoms with Crippen LogP contribution in [0.1, 0.15) is 27.2 Å². The second kappa shape index (κ2) is 10.5. The molecular formula is C21H27ClN2O4S. The summed E-state index contributed by atoms with van der Waals surface area (Å²) in [4.78, 5) is 12.5. The number of amides is 1. The summed E-state index contributed by atoms with van der Waals surface area (Å²) >= 11 is 5.89. The van der Waals surface area contributed by atoms with Crippen LogP contribution < -0.4 is 14.4 Å². The first-order valence-corrected chi connectivity index (χ1v) is 11.3. The molecule has 0 radical (unpaired) electrons. The van der Waals surface area contributed by atoms with Gasteiger partial charge in [-0.3, -0.25) is 9.10 Å². The van der Waals surface area contributed by atoms with Crippen molar-refractivity contribution in [1.29, 1.82) is 0 Å². The highest BCUT2D eigenvalue weighted by atomic mass is 35.5. The van der Waals surface area contributed by atoms with Gasteiger partial charge in [0.15, 0.2) is 0 Å². The second-order valence-corrected chi connectivity index (χ2v) is 9.22. The van der Waals surface area contributed by atoms with Crippen molar-refractivity contribution in [3.63, 3.8) is 0 Å². The molecule has 0 aliphatic carbocycles. The molecule has 0 aliphatic heterocycles. The number of ether oxygens (including phenoxy) is 1. The molecule has 0 aliphatic rings. The summed E-state index contributed by atoms with van der Waals surface area (Å²) in [7, 11) is -3.96. The van der Waals surface area contributed by atoms with E-state index in [1.54, 1.807) is 24.3 Å². The first-order valence-electron chi connectivity index (χ1n) is 9.52. The molecule has 0 bridgehead atoms. The first-order chi connectivity index (χ1) is 13.7. The van der Waals surface area contributed by atoms with Crippen LogP contribution in [0.25, 0.3) is 0 Å². The Morgan fingerprint density at radius 1 is 1.10 bits per heavy atom. The highest BCUT2D eigenvalue weighted by molar-refractivity contribution is 7.92. The lowest BCUT2D eigenvalue weighted by atomic mass is 10.1. The third kappa shape index (κ3) is 6.65. The molecule has 2 rings (SSSR count). The molecule has 2 aromatic rings. The van der Waals surface area contributed by atoms with Gasteiger partial charge in [0.25, 0.3) is 10.0 Å². The van der Waals surface area contributed by atoms with E-state index in [1.165, 1.54) is 24.3 Å². The van der Waals surface area contributed by atoms with Crippen molar-refractivity contribution < 1.29 is 17.9 Å². The van der Waals surface area contributed by atoms with Crippen LogP contribution in [-0.4, -0.2) is 34.0 Å². The van der Waals surface area contributed by atoms with E-state index in [4.69, 9.17) is 16.3 Å². The number of anilines is 1. The minimum atomic E-state index is -3.96. The number of carbonyl (C=O) groups is 1. The molecule has 2 aromatic carbocycles. The smallest absolute Gasteiger partial charge is 0.264 e. The molecule has 0 unspecified atom stereocenters. The molecule has 1 N–H and O–H groups in total. The van der Waals surface area contributed by atoms with E-state index < -0.39 is 10.0 Å². The Morgan fingerprint density at radius 2 is 1.72 bits per heavy atom. The molecule has 158 valence electrons. The van der Waals surface area contributed by atoms with Crippen LogP contribution in [-0.2, 0) is 14.8 Å². The van der Waals surface area contributed by atoms with Crippen LogP contribution in [0.5, 0.6) is 5.75 Å². The van der Waals surface area contributed by atoms with Gasteiger partial charge in [-0.2, -0.15) is 0 Å². The van der Waals surface area contributed by atoms with Gasteiger partial charge < -0.3 is 10.1 Å². The summed E-state index contributed by atoms with van der Waals surface area (Å²) in [6.45, 7) is 6.66. The van der Waals surface area contributed by atoms with Gasteiger partial charge in [0.05, 0.1) is 17.2 Å². The Balaban J connectivity index is 2.31. The number of rotatable bonds is 10. The van der Waals surface area contributed by atoms with E-state index in [0.717, 1.165) is 10.7 Å². The molecule has 0 spiro atoms. The quantitative estimate of drug-likeness (QED) is 0.606. The molecule has 8 heteroatoms. The van der Waals surface area contributed by atoms with Crippen molar-refractivity contribution in [2.24, 2.45) is 5.92 Å². The van der Waals surface area contributed by atoms with E-state index >= 15 is 0 Å². The lowest BCUT2D eigenvalue weighted by Crippen LogP contribution is -2.41. The fourth-order valence-electron chi connectivity index (χ4n) is 2.61. The predicted octanol–water partition coefficient (Wildman–Crippen LogP) is 4.10. The summed E-state index contributed by atoms with van der Waals surface area (Å²) < 4.78 is 33.0. The monoisotopic (exact) mass is 438 g/mol. The minimum absolute atomic E-state index is 0.0609. The van der Waals surface area contributed by atoms with Gasteiger partial charge in [0.1, 0.15) is 12.3 Å². The van der Waals surface area contributed by atoms with Crippen molar-refractivity contribution in [2.45, 2.75) is 32.1 Å². The highest BCUT2D eigenvalue weighted by Gasteiger charge is 2.27. The zero-order chi connectivity index (χ0) is 21.4. The Hall–Kier alpha value is -2.25. The van der Waals surface area contributed by atoms with Gasteiger partial charge in [-0.25, -0.2) is 8.42 Å². The lowest BCUT2D eigenvalue weighted by Gasteiger charge is -2.24. The molecule has 6 nitrogen and oxygen atoms in total. The van der Waals surface area contributed by atoms with E-state index in [2.05, 4.69) is 19.2 Å². The van der Waals surface area contributed by atoms with Gasteiger partial charge in [0, 0.05) is 11.6 Å². The topological polar surface area (TPSA) is 75.7 Å². The highest BCUT2D eigenvalue weighted by Crippen LogP contribution is 2.26. The zero-order valence-corrected chi connectivity index (χ0v) is 18.5. The molecule has 0 heterocycles. The number of nitrogens with zero attached hydrogens (tertiary/aromatic N) is 1. The summed E-state index contributed by atoms with van der Waals surface area (Å²) in [6, 6.07) is 12.5. The largest absolute Gasteiger partial charge is 0.494 e. The Labute approximate surface area is 177 Å². The maximum absolute atomic E-state index is 13.2. The molecule has 1 amide bonds. The summed E-state index contributed by atoms with van der Waals surface area (Å²) in [5.41, 5.74) is 0.377. The minimum Gasteiger partial charge on any atom is -0.494 e. The molecule has 0 aromatic heterocycles. The molecule has 29 heavy (non-hydrogen) atoms. The van der Waals surface area contributed by atoms with E-state index in [-0.39, 0.29) is 17.3 Å². The molecular weight excluding hydrogens is 412 g/mol. The number of benzene rings is 2. The van der Waals surface area contributed by atoms with Crippen LogP contribution in [0, 0.1) is 5.92 Å². The van der Waals surface area contributed by atoms with E-state index in [1.807, 2.05) is 6.92 Å². The lowest BCUT2D eigenvalue weighted by molar-refractivity contribution is -0.119. The first kappa shape index (κ1) is 23.0. The third-order valence-corrected chi connectivity index (χ3v) is 6.21. The van der Waals surface area contributed by atoms with Gasteiger partial charge in [-0.05, 0) is 67.8 Å². The number of carbonyl (C=O) groups excluding carboxylic acids is 1. The average molecular weight is 439 g/mol. The fraction of sp³-hybridized carbons (Fsp3) is 0.381. The maximum Gasteiger partial charge on any atom is 0.264 e. The van der Waals surface area contributed by atoms with Gasteiger partial charge >= 0.3 is 0 Å². The Kier molecular flexibility index (Phi) is 8.34. The van der Waals surface area contributed by atoms with Gasteiger partial charge in [-0.15, -0.1) is 0 Å². The van der Waals surface area contributed by atoms with Crippen LogP contribution in [0.3, 0.4) is 0 Å². The van der Waals surface area contributed by atoms with Crippen molar-refractivity contribution >= 4 is 33.2 Å². The van der Waals surface area contributed by atoms with Crippen LogP contribution in [0.2, 0.25) is 5.02 Å². The number of sulfonamides is 1. The van der Waals surface area contributed by atoms with Crippen LogP contribution in [0.4, 0.5) is 5.69 Å². The fourth-order valence-corrected chi connectivity index (χ4v) is 4.16. The Bertz CT molecular complexity index is 897. The van der Waals surface area contributed by atoms with Crippen molar-refractivity contribution in [2.75, 3.05) is 24.0 Å². The van der Waals surface area contributed by atoms with Gasteiger partial charge in [-0.1, -0.05) is 25.4 Å². The zero-order valence-electron chi connectivity index (χ0n) is 16.9. The summed E-state index contributed by atoms with van der Waals surface area (Å²) in [5, 5.41) is 3.22.